The van der Waals surface area contributed by atoms with E-state index in [2.05, 4.69) is 92.8 Å². The summed E-state index contributed by atoms with van der Waals surface area (Å²) in [7, 11) is 0. The van der Waals surface area contributed by atoms with Gasteiger partial charge in [0.15, 0.2) is 5.69 Å². The van der Waals surface area contributed by atoms with Gasteiger partial charge in [0.1, 0.15) is 0 Å². The Bertz CT molecular complexity index is 2970. The lowest BCUT2D eigenvalue weighted by Gasteiger charge is -2.18. The Labute approximate surface area is 288 Å². The van der Waals surface area contributed by atoms with E-state index in [1.54, 1.807) is 0 Å². The van der Waals surface area contributed by atoms with Crippen molar-refractivity contribution < 1.29 is 0 Å². The van der Waals surface area contributed by atoms with Crippen molar-refractivity contribution in [1.29, 1.82) is 10.5 Å². The third-order valence-corrected chi connectivity index (χ3v) is 9.62. The van der Waals surface area contributed by atoms with Crippen molar-refractivity contribution in [2.75, 3.05) is 0 Å². The molecule has 5 heteroatoms. The molecule has 2 heterocycles. The summed E-state index contributed by atoms with van der Waals surface area (Å²) in [5.41, 5.74) is 11.6. The van der Waals surface area contributed by atoms with Crippen LogP contribution >= 0.6 is 0 Å². The number of benzene rings is 7. The first-order valence-corrected chi connectivity index (χ1v) is 16.3. The third kappa shape index (κ3) is 4.31. The van der Waals surface area contributed by atoms with Crippen molar-refractivity contribution in [3.8, 4) is 45.8 Å². The quantitative estimate of drug-likeness (QED) is 0.181. The van der Waals surface area contributed by atoms with Crippen LogP contribution in [0.3, 0.4) is 0 Å². The fourth-order valence-electron chi connectivity index (χ4n) is 7.46. The Morgan fingerprint density at radius 3 is 1.76 bits per heavy atom. The van der Waals surface area contributed by atoms with E-state index in [9.17, 15) is 10.5 Å². The molecule has 2 aromatic heterocycles. The van der Waals surface area contributed by atoms with E-state index in [-0.39, 0.29) is 0 Å². The third-order valence-electron chi connectivity index (χ3n) is 9.62. The SMILES string of the molecule is [C-]#[N+]c1ccc2c(c1)c1ccccc1n2-c1ccccc1-c1ccccc1-c1ccc(-n2c3ccccc3c3cc(C#N)ccc32)cc1C#N. The predicted molar refractivity (Wildman–Crippen MR) is 202 cm³/mol. The summed E-state index contributed by atoms with van der Waals surface area (Å²) in [6, 6.07) is 55.6. The molecular weight excluding hydrogens is 611 g/mol. The van der Waals surface area contributed by atoms with E-state index in [0.717, 1.165) is 77.2 Å². The summed E-state index contributed by atoms with van der Waals surface area (Å²) in [6.07, 6.45) is 0. The summed E-state index contributed by atoms with van der Waals surface area (Å²) in [6.45, 7) is 7.61. The number of hydrogen-bond acceptors (Lipinski definition) is 2. The molecular formula is C45H25N5. The second-order valence-electron chi connectivity index (χ2n) is 12.3. The van der Waals surface area contributed by atoms with E-state index in [1.165, 1.54) is 0 Å². The van der Waals surface area contributed by atoms with Crippen LogP contribution in [-0.2, 0) is 0 Å². The molecule has 0 aliphatic heterocycles. The maximum atomic E-state index is 10.6. The molecule has 0 bridgehead atoms. The lowest BCUT2D eigenvalue weighted by molar-refractivity contribution is 1.18. The standard InChI is InChI=1S/C45H25N5/c1-48-31-19-23-45-40(26-31)38-14-6-9-17-43(38)50(45)42-16-8-4-12-36(42)35-11-3-2-10-34(35)33-21-20-32(25-30(33)28-47)49-41-15-7-5-13-37(41)39-24-29(27-46)18-22-44(39)49/h2-26H. The Morgan fingerprint density at radius 2 is 1.04 bits per heavy atom. The van der Waals surface area contributed by atoms with Gasteiger partial charge in [-0.05, 0) is 77.2 Å². The van der Waals surface area contributed by atoms with Crippen LogP contribution in [0.15, 0.2) is 152 Å². The summed E-state index contributed by atoms with van der Waals surface area (Å²) in [5.74, 6) is 0. The van der Waals surface area contributed by atoms with Crippen molar-refractivity contribution >= 4 is 49.3 Å². The monoisotopic (exact) mass is 635 g/mol. The first-order chi connectivity index (χ1) is 24.7. The van der Waals surface area contributed by atoms with Crippen molar-refractivity contribution in [3.05, 3.63) is 174 Å². The van der Waals surface area contributed by atoms with Crippen LogP contribution in [0.5, 0.6) is 0 Å². The zero-order chi connectivity index (χ0) is 33.8. The van der Waals surface area contributed by atoms with Gasteiger partial charge in [0, 0.05) is 33.0 Å². The Balaban J connectivity index is 1.24. The van der Waals surface area contributed by atoms with Crippen LogP contribution in [0.2, 0.25) is 0 Å². The fourth-order valence-corrected chi connectivity index (χ4v) is 7.46. The van der Waals surface area contributed by atoms with Crippen LogP contribution in [0.1, 0.15) is 11.1 Å². The lowest BCUT2D eigenvalue weighted by Crippen LogP contribution is -1.99. The van der Waals surface area contributed by atoms with Crippen molar-refractivity contribution in [2.24, 2.45) is 0 Å². The molecule has 0 amide bonds. The van der Waals surface area contributed by atoms with Gasteiger partial charge >= 0.3 is 0 Å². The minimum Gasteiger partial charge on any atom is -0.309 e. The van der Waals surface area contributed by atoms with Gasteiger partial charge in [0.2, 0.25) is 0 Å². The summed E-state index contributed by atoms with van der Waals surface area (Å²) in [5, 5.41) is 24.4. The first-order valence-electron chi connectivity index (χ1n) is 16.3. The highest BCUT2D eigenvalue weighted by atomic mass is 15.0. The Kier molecular flexibility index (Phi) is 6.56. The molecule has 0 fully saturated rings. The van der Waals surface area contributed by atoms with Crippen LogP contribution in [-0.4, -0.2) is 9.13 Å². The minimum absolute atomic E-state index is 0.565. The molecule has 9 aromatic rings. The summed E-state index contributed by atoms with van der Waals surface area (Å²) in [4.78, 5) is 3.70. The number of hydrogen-bond donors (Lipinski definition) is 0. The van der Waals surface area contributed by atoms with Gasteiger partial charge in [-0.15, -0.1) is 0 Å². The number of nitriles is 2. The van der Waals surface area contributed by atoms with Gasteiger partial charge in [-0.2, -0.15) is 10.5 Å². The molecule has 0 aliphatic rings. The van der Waals surface area contributed by atoms with Gasteiger partial charge < -0.3 is 9.13 Å². The Morgan fingerprint density at radius 1 is 0.460 bits per heavy atom. The van der Waals surface area contributed by atoms with Gasteiger partial charge in [-0.3, -0.25) is 0 Å². The normalized spacial score (nSPS) is 11.1. The molecule has 0 saturated carbocycles. The van der Waals surface area contributed by atoms with Crippen LogP contribution < -0.4 is 0 Å². The maximum Gasteiger partial charge on any atom is 0.188 e. The highest BCUT2D eigenvalue weighted by Gasteiger charge is 2.20. The largest absolute Gasteiger partial charge is 0.309 e. The predicted octanol–water partition coefficient (Wildman–Crippen LogP) is 11.5. The van der Waals surface area contributed by atoms with Crippen LogP contribution in [0.4, 0.5) is 5.69 Å². The molecule has 0 spiro atoms. The van der Waals surface area contributed by atoms with E-state index < -0.39 is 0 Å². The fraction of sp³-hybridized carbons (Fsp3) is 0. The molecule has 50 heavy (non-hydrogen) atoms. The minimum atomic E-state index is 0.565. The number of rotatable bonds is 4. The second kappa shape index (κ2) is 11.4. The van der Waals surface area contributed by atoms with E-state index in [4.69, 9.17) is 6.57 Å². The average Bonchev–Trinajstić information content (AvgIpc) is 3.69. The number of aromatic nitrogens is 2. The molecule has 0 radical (unpaired) electrons. The summed E-state index contributed by atoms with van der Waals surface area (Å²) < 4.78 is 4.44. The molecule has 9 rings (SSSR count). The molecule has 0 aliphatic carbocycles. The molecule has 230 valence electrons. The zero-order valence-electron chi connectivity index (χ0n) is 26.7. The van der Waals surface area contributed by atoms with Gasteiger partial charge in [-0.25, -0.2) is 4.85 Å². The number of fused-ring (bicyclic) bond motifs is 6. The Hall–Kier alpha value is -7.39. The van der Waals surface area contributed by atoms with Crippen molar-refractivity contribution in [1.82, 2.24) is 9.13 Å². The van der Waals surface area contributed by atoms with Crippen molar-refractivity contribution in [2.45, 2.75) is 0 Å². The lowest BCUT2D eigenvalue weighted by atomic mass is 9.91. The molecule has 0 N–H and O–H groups in total. The molecule has 0 saturated heterocycles. The van der Waals surface area contributed by atoms with Gasteiger partial charge in [-0.1, -0.05) is 91.0 Å². The molecule has 0 unspecified atom stereocenters. The summed E-state index contributed by atoms with van der Waals surface area (Å²) >= 11 is 0. The second-order valence-corrected chi connectivity index (χ2v) is 12.3. The number of para-hydroxylation sites is 3. The molecule has 0 atom stereocenters. The zero-order valence-corrected chi connectivity index (χ0v) is 26.7. The van der Waals surface area contributed by atoms with Gasteiger partial charge in [0.25, 0.3) is 0 Å². The van der Waals surface area contributed by atoms with Crippen LogP contribution in [0, 0.1) is 29.2 Å². The molecule has 7 aromatic carbocycles. The smallest absolute Gasteiger partial charge is 0.188 e. The average molecular weight is 636 g/mol. The van der Waals surface area contributed by atoms with E-state index >= 15 is 0 Å². The van der Waals surface area contributed by atoms with Crippen LogP contribution in [0.25, 0.3) is 82.1 Å². The van der Waals surface area contributed by atoms with E-state index in [1.807, 2.05) is 84.9 Å². The molecule has 5 nitrogen and oxygen atoms in total. The van der Waals surface area contributed by atoms with E-state index in [0.29, 0.717) is 16.8 Å². The first kappa shape index (κ1) is 28.8. The number of nitrogens with zero attached hydrogens (tertiary/aromatic N) is 5. The van der Waals surface area contributed by atoms with Crippen molar-refractivity contribution in [3.63, 3.8) is 0 Å². The van der Waals surface area contributed by atoms with Gasteiger partial charge in [0.05, 0.1) is 57.6 Å². The highest BCUT2D eigenvalue weighted by Crippen LogP contribution is 2.42. The topological polar surface area (TPSA) is 61.8 Å². The highest BCUT2D eigenvalue weighted by molar-refractivity contribution is 6.11. The maximum absolute atomic E-state index is 10.6.